The van der Waals surface area contributed by atoms with Gasteiger partial charge >= 0.3 is 0 Å². The van der Waals surface area contributed by atoms with Gasteiger partial charge in [0, 0.05) is 26.8 Å². The van der Waals surface area contributed by atoms with Crippen LogP contribution in [0.4, 0.5) is 5.69 Å². The van der Waals surface area contributed by atoms with Crippen LogP contribution in [0, 0.1) is 0 Å². The van der Waals surface area contributed by atoms with Crippen molar-refractivity contribution in [3.8, 4) is 0 Å². The highest BCUT2D eigenvalue weighted by Gasteiger charge is 2.23. The zero-order valence-corrected chi connectivity index (χ0v) is 15.4. The number of para-hydroxylation sites is 1. The Morgan fingerprint density at radius 3 is 2.38 bits per heavy atom. The maximum Gasteiger partial charge on any atom is 0.0769 e. The summed E-state index contributed by atoms with van der Waals surface area (Å²) in [7, 11) is 0. The van der Waals surface area contributed by atoms with Gasteiger partial charge in [-0.3, -0.25) is 4.99 Å². The van der Waals surface area contributed by atoms with Gasteiger partial charge in [-0.2, -0.15) is 0 Å². The van der Waals surface area contributed by atoms with Crippen LogP contribution >= 0.6 is 27.7 Å². The van der Waals surface area contributed by atoms with Crippen molar-refractivity contribution in [2.45, 2.75) is 16.6 Å². The van der Waals surface area contributed by atoms with Crippen molar-refractivity contribution in [3.05, 3.63) is 94.5 Å². The summed E-state index contributed by atoms with van der Waals surface area (Å²) < 4.78 is 1.16. The van der Waals surface area contributed by atoms with E-state index in [9.17, 15) is 0 Å². The molecule has 1 heterocycles. The number of benzene rings is 3. The summed E-state index contributed by atoms with van der Waals surface area (Å²) in [4.78, 5) is 6.24. The van der Waals surface area contributed by atoms with Crippen LogP contribution in [-0.2, 0) is 0 Å². The van der Waals surface area contributed by atoms with Gasteiger partial charge in [0.05, 0.1) is 5.69 Å². The maximum atomic E-state index is 5.00. The molecule has 3 aromatic rings. The standard InChI is InChI=1S/C21H16BrNS/c22-17-11-5-4-10-16(17)21-14-19(15-8-2-1-3-9-15)23-18-12-6-7-13-20(18)24-21/h1-13,21H,14H2. The Morgan fingerprint density at radius 1 is 0.833 bits per heavy atom. The largest absolute Gasteiger partial charge is 0.252 e. The van der Waals surface area contributed by atoms with E-state index in [1.807, 2.05) is 11.8 Å². The first-order chi connectivity index (χ1) is 11.8. The fraction of sp³-hybridized carbons (Fsp3) is 0.0952. The van der Waals surface area contributed by atoms with Crippen molar-refractivity contribution in [1.82, 2.24) is 0 Å². The summed E-state index contributed by atoms with van der Waals surface area (Å²) in [5.41, 5.74) is 4.74. The lowest BCUT2D eigenvalue weighted by molar-refractivity contribution is 1.00. The van der Waals surface area contributed by atoms with Gasteiger partial charge in [-0.1, -0.05) is 76.6 Å². The van der Waals surface area contributed by atoms with E-state index >= 15 is 0 Å². The Kier molecular flexibility index (Phi) is 4.54. The van der Waals surface area contributed by atoms with E-state index in [-0.39, 0.29) is 0 Å². The van der Waals surface area contributed by atoms with E-state index in [1.165, 1.54) is 16.0 Å². The minimum atomic E-state index is 0.336. The van der Waals surface area contributed by atoms with Crippen molar-refractivity contribution < 1.29 is 0 Å². The highest BCUT2D eigenvalue weighted by atomic mass is 79.9. The molecule has 1 atom stereocenters. The van der Waals surface area contributed by atoms with Gasteiger partial charge < -0.3 is 0 Å². The van der Waals surface area contributed by atoms with Gasteiger partial charge in [-0.05, 0) is 29.3 Å². The SMILES string of the molecule is Brc1ccccc1C1CC(c2ccccc2)=Nc2ccccc2S1. The Hall–Kier alpha value is -1.84. The summed E-state index contributed by atoms with van der Waals surface area (Å²) in [6.45, 7) is 0. The summed E-state index contributed by atoms with van der Waals surface area (Å²) in [5.74, 6) is 0. The number of hydrogen-bond donors (Lipinski definition) is 0. The first-order valence-corrected chi connectivity index (χ1v) is 9.61. The van der Waals surface area contributed by atoms with E-state index in [2.05, 4.69) is 94.8 Å². The Labute approximate surface area is 155 Å². The van der Waals surface area contributed by atoms with Crippen LogP contribution in [0.25, 0.3) is 0 Å². The van der Waals surface area contributed by atoms with Gasteiger partial charge in [-0.25, -0.2) is 0 Å². The molecule has 0 spiro atoms. The zero-order valence-electron chi connectivity index (χ0n) is 13.0. The molecule has 0 aromatic heterocycles. The fourth-order valence-corrected chi connectivity index (χ4v) is 4.92. The third-order valence-electron chi connectivity index (χ3n) is 4.13. The van der Waals surface area contributed by atoms with Crippen molar-refractivity contribution in [1.29, 1.82) is 0 Å². The van der Waals surface area contributed by atoms with Crippen LogP contribution in [0.3, 0.4) is 0 Å². The van der Waals surface area contributed by atoms with Gasteiger partial charge in [0.15, 0.2) is 0 Å². The van der Waals surface area contributed by atoms with Gasteiger partial charge in [0.25, 0.3) is 0 Å². The second-order valence-corrected chi connectivity index (χ2v) is 7.82. The molecule has 3 heteroatoms. The zero-order chi connectivity index (χ0) is 16.4. The van der Waals surface area contributed by atoms with E-state index in [1.54, 1.807) is 0 Å². The number of nitrogens with zero attached hydrogens (tertiary/aromatic N) is 1. The van der Waals surface area contributed by atoms with E-state index in [0.29, 0.717) is 5.25 Å². The number of thioether (sulfide) groups is 1. The molecule has 1 unspecified atom stereocenters. The molecule has 118 valence electrons. The summed E-state index contributed by atoms with van der Waals surface area (Å²) in [6.07, 6.45) is 0.909. The first-order valence-electron chi connectivity index (χ1n) is 7.94. The quantitative estimate of drug-likeness (QED) is 0.465. The van der Waals surface area contributed by atoms with Crippen molar-refractivity contribution in [2.75, 3.05) is 0 Å². The lowest BCUT2D eigenvalue weighted by Gasteiger charge is -2.17. The fourth-order valence-electron chi connectivity index (χ4n) is 2.93. The van der Waals surface area contributed by atoms with E-state index in [4.69, 9.17) is 4.99 Å². The molecule has 3 aromatic carbocycles. The lowest BCUT2D eigenvalue weighted by atomic mass is 10.0. The van der Waals surface area contributed by atoms with Crippen LogP contribution in [0.15, 0.2) is 93.2 Å². The van der Waals surface area contributed by atoms with Gasteiger partial charge in [0.1, 0.15) is 0 Å². The van der Waals surface area contributed by atoms with Gasteiger partial charge in [-0.15, -0.1) is 11.8 Å². The topological polar surface area (TPSA) is 12.4 Å². The molecule has 0 saturated heterocycles. The molecule has 0 saturated carbocycles. The van der Waals surface area contributed by atoms with E-state index < -0.39 is 0 Å². The molecule has 0 aliphatic carbocycles. The molecule has 24 heavy (non-hydrogen) atoms. The number of halogens is 1. The molecule has 0 bridgehead atoms. The minimum Gasteiger partial charge on any atom is -0.252 e. The highest BCUT2D eigenvalue weighted by Crippen LogP contribution is 2.46. The third-order valence-corrected chi connectivity index (χ3v) is 6.15. The molecular formula is C21H16BrNS. The molecule has 1 nitrogen and oxygen atoms in total. The first kappa shape index (κ1) is 15.7. The van der Waals surface area contributed by atoms with Crippen LogP contribution in [-0.4, -0.2) is 5.71 Å². The second-order valence-electron chi connectivity index (χ2n) is 5.72. The molecule has 1 aliphatic heterocycles. The summed E-state index contributed by atoms with van der Waals surface area (Å²) in [6, 6.07) is 27.4. The summed E-state index contributed by atoms with van der Waals surface area (Å²) >= 11 is 5.62. The van der Waals surface area contributed by atoms with E-state index in [0.717, 1.165) is 22.3 Å². The lowest BCUT2D eigenvalue weighted by Crippen LogP contribution is -2.05. The predicted octanol–water partition coefficient (Wildman–Crippen LogP) is 6.81. The molecule has 0 amide bonds. The maximum absolute atomic E-state index is 5.00. The van der Waals surface area contributed by atoms with Crippen LogP contribution in [0.1, 0.15) is 22.8 Å². The third kappa shape index (κ3) is 3.19. The monoisotopic (exact) mass is 393 g/mol. The smallest absolute Gasteiger partial charge is 0.0769 e. The van der Waals surface area contributed by atoms with Crippen molar-refractivity contribution in [3.63, 3.8) is 0 Å². The molecule has 0 fully saturated rings. The molecule has 0 N–H and O–H groups in total. The van der Waals surface area contributed by atoms with Crippen molar-refractivity contribution in [2.24, 2.45) is 4.99 Å². The van der Waals surface area contributed by atoms with Gasteiger partial charge in [0.2, 0.25) is 0 Å². The number of hydrogen-bond acceptors (Lipinski definition) is 2. The number of rotatable bonds is 2. The number of fused-ring (bicyclic) bond motifs is 1. The minimum absolute atomic E-state index is 0.336. The summed E-state index contributed by atoms with van der Waals surface area (Å²) in [5, 5.41) is 0.336. The number of aliphatic imine (C=N–C) groups is 1. The predicted molar refractivity (Wildman–Crippen MR) is 106 cm³/mol. The highest BCUT2D eigenvalue weighted by molar-refractivity contribution is 9.10. The average Bonchev–Trinajstić information content (AvgIpc) is 2.82. The normalized spacial score (nSPS) is 16.9. The Morgan fingerprint density at radius 2 is 1.54 bits per heavy atom. The van der Waals surface area contributed by atoms with Crippen LogP contribution in [0.5, 0.6) is 0 Å². The average molecular weight is 394 g/mol. The molecule has 4 rings (SSSR count). The molecule has 1 aliphatic rings. The van der Waals surface area contributed by atoms with Crippen molar-refractivity contribution >= 4 is 39.1 Å². The Balaban J connectivity index is 1.83. The molecule has 0 radical (unpaired) electrons. The van der Waals surface area contributed by atoms with Crippen LogP contribution < -0.4 is 0 Å². The van der Waals surface area contributed by atoms with Crippen LogP contribution in [0.2, 0.25) is 0 Å². The Bertz CT molecular complexity index is 889. The molecular weight excluding hydrogens is 378 g/mol. The second kappa shape index (κ2) is 6.96.